The molecular formula is C27H27N3O4. The van der Waals surface area contributed by atoms with E-state index in [9.17, 15) is 9.59 Å². The van der Waals surface area contributed by atoms with Crippen LogP contribution in [-0.2, 0) is 0 Å². The van der Waals surface area contributed by atoms with Gasteiger partial charge in [0.05, 0.1) is 36.9 Å². The lowest BCUT2D eigenvalue weighted by Crippen LogP contribution is -2.35. The van der Waals surface area contributed by atoms with Gasteiger partial charge in [-0.1, -0.05) is 18.2 Å². The Hall–Kier alpha value is -4.13. The summed E-state index contributed by atoms with van der Waals surface area (Å²) in [5, 5.41) is 0.492. The van der Waals surface area contributed by atoms with Gasteiger partial charge in [0.15, 0.2) is 0 Å². The molecule has 0 aliphatic carbocycles. The van der Waals surface area contributed by atoms with Crippen LogP contribution in [0.5, 0.6) is 11.5 Å². The first-order valence-corrected chi connectivity index (χ1v) is 10.9. The fourth-order valence-corrected chi connectivity index (χ4v) is 3.92. The average molecular weight is 458 g/mol. The molecule has 0 fully saturated rings. The summed E-state index contributed by atoms with van der Waals surface area (Å²) in [7, 11) is 4.85. The summed E-state index contributed by atoms with van der Waals surface area (Å²) in [5.74, 6) is 1.46. The van der Waals surface area contributed by atoms with Crippen LogP contribution in [-0.4, -0.2) is 41.6 Å². The van der Waals surface area contributed by atoms with E-state index in [0.29, 0.717) is 39.5 Å². The van der Waals surface area contributed by atoms with Crippen LogP contribution in [0.3, 0.4) is 0 Å². The van der Waals surface area contributed by atoms with Crippen LogP contribution in [0.1, 0.15) is 34.7 Å². The van der Waals surface area contributed by atoms with Gasteiger partial charge in [0, 0.05) is 12.6 Å². The molecule has 0 aliphatic heterocycles. The first-order valence-electron chi connectivity index (χ1n) is 10.9. The minimum absolute atomic E-state index is 0.194. The smallest absolute Gasteiger partial charge is 0.266 e. The molecule has 1 atom stereocenters. The van der Waals surface area contributed by atoms with Crippen molar-refractivity contribution in [2.24, 2.45) is 0 Å². The number of methoxy groups -OCH3 is 2. The van der Waals surface area contributed by atoms with Crippen molar-refractivity contribution in [1.82, 2.24) is 14.5 Å². The van der Waals surface area contributed by atoms with Crippen molar-refractivity contribution in [2.45, 2.75) is 19.9 Å². The molecular weight excluding hydrogens is 430 g/mol. The van der Waals surface area contributed by atoms with Crippen LogP contribution in [0.25, 0.3) is 16.6 Å². The largest absolute Gasteiger partial charge is 0.497 e. The zero-order chi connectivity index (χ0) is 24.4. The van der Waals surface area contributed by atoms with Crippen molar-refractivity contribution in [3.8, 4) is 17.2 Å². The van der Waals surface area contributed by atoms with Gasteiger partial charge in [0.2, 0.25) is 0 Å². The van der Waals surface area contributed by atoms with Gasteiger partial charge in [-0.05, 0) is 67.9 Å². The highest BCUT2D eigenvalue weighted by Gasteiger charge is 2.26. The van der Waals surface area contributed by atoms with E-state index in [1.54, 1.807) is 67.1 Å². The average Bonchev–Trinajstić information content (AvgIpc) is 2.87. The molecule has 1 heterocycles. The number of para-hydroxylation sites is 1. The Morgan fingerprint density at radius 3 is 2.38 bits per heavy atom. The predicted octanol–water partition coefficient (Wildman–Crippen LogP) is 4.54. The van der Waals surface area contributed by atoms with Crippen LogP contribution in [0.4, 0.5) is 0 Å². The maximum atomic E-state index is 13.7. The van der Waals surface area contributed by atoms with E-state index < -0.39 is 6.04 Å². The quantitative estimate of drug-likeness (QED) is 0.425. The van der Waals surface area contributed by atoms with Crippen LogP contribution in [0, 0.1) is 6.92 Å². The molecule has 0 saturated carbocycles. The number of benzene rings is 3. The Balaban J connectivity index is 1.89. The van der Waals surface area contributed by atoms with E-state index in [1.807, 2.05) is 44.2 Å². The molecule has 0 N–H and O–H groups in total. The van der Waals surface area contributed by atoms with Crippen molar-refractivity contribution in [1.29, 1.82) is 0 Å². The number of aromatic nitrogens is 2. The summed E-state index contributed by atoms with van der Waals surface area (Å²) < 4.78 is 12.3. The first-order chi connectivity index (χ1) is 16.3. The minimum Gasteiger partial charge on any atom is -0.497 e. The SMILES string of the molecule is COc1ccc(C(=O)N(C)C(C)c2nc3ccccc3c(=O)n2-c2cc(C)ccc2OC)cc1. The van der Waals surface area contributed by atoms with E-state index in [1.165, 1.54) is 0 Å². The van der Waals surface area contributed by atoms with Gasteiger partial charge in [-0.2, -0.15) is 0 Å². The normalized spacial score (nSPS) is 11.8. The topological polar surface area (TPSA) is 73.7 Å². The number of hydrogen-bond donors (Lipinski definition) is 0. The van der Waals surface area contributed by atoms with Crippen LogP contribution < -0.4 is 15.0 Å². The van der Waals surface area contributed by atoms with Gasteiger partial charge in [0.25, 0.3) is 11.5 Å². The molecule has 7 heteroatoms. The van der Waals surface area contributed by atoms with Crippen molar-refractivity contribution >= 4 is 16.8 Å². The van der Waals surface area contributed by atoms with Crippen molar-refractivity contribution < 1.29 is 14.3 Å². The molecule has 1 unspecified atom stereocenters. The van der Waals surface area contributed by atoms with E-state index >= 15 is 0 Å². The number of hydrogen-bond acceptors (Lipinski definition) is 5. The number of amides is 1. The third kappa shape index (κ3) is 4.12. The van der Waals surface area contributed by atoms with Gasteiger partial charge in [-0.25, -0.2) is 4.98 Å². The standard InChI is InChI=1S/C27H27N3O4/c1-17-10-15-24(34-5)23(16-17)30-25(28-22-9-7-6-8-21(22)27(30)32)18(2)29(3)26(31)19-11-13-20(33-4)14-12-19/h6-16,18H,1-5H3. The molecule has 7 nitrogen and oxygen atoms in total. The third-order valence-electron chi connectivity index (χ3n) is 5.99. The third-order valence-corrected chi connectivity index (χ3v) is 5.99. The number of carbonyl (C=O) groups excluding carboxylic acids is 1. The maximum Gasteiger partial charge on any atom is 0.266 e. The second-order valence-electron chi connectivity index (χ2n) is 8.12. The molecule has 34 heavy (non-hydrogen) atoms. The molecule has 0 bridgehead atoms. The molecule has 0 aliphatic rings. The summed E-state index contributed by atoms with van der Waals surface area (Å²) in [6.45, 7) is 3.81. The Kier molecular flexibility index (Phi) is 6.36. The van der Waals surface area contributed by atoms with Crippen molar-refractivity contribution in [2.75, 3.05) is 21.3 Å². The summed E-state index contributed by atoms with van der Waals surface area (Å²) in [4.78, 5) is 33.4. The molecule has 4 aromatic rings. The van der Waals surface area contributed by atoms with E-state index in [-0.39, 0.29) is 11.5 Å². The lowest BCUT2D eigenvalue weighted by atomic mass is 10.1. The Labute approximate surface area is 198 Å². The van der Waals surface area contributed by atoms with Gasteiger partial charge < -0.3 is 14.4 Å². The zero-order valence-electron chi connectivity index (χ0n) is 19.9. The second-order valence-corrected chi connectivity index (χ2v) is 8.12. The molecule has 0 saturated heterocycles. The van der Waals surface area contributed by atoms with Gasteiger partial charge in [-0.3, -0.25) is 14.2 Å². The highest BCUT2D eigenvalue weighted by molar-refractivity contribution is 5.94. The summed E-state index contributed by atoms with van der Waals surface area (Å²) in [6, 6.07) is 19.2. The molecule has 1 amide bonds. The summed E-state index contributed by atoms with van der Waals surface area (Å²) in [5.41, 5.74) is 2.41. The Morgan fingerprint density at radius 1 is 1.00 bits per heavy atom. The second kappa shape index (κ2) is 9.39. The number of fused-ring (bicyclic) bond motifs is 1. The number of aryl methyl sites for hydroxylation is 1. The highest BCUT2D eigenvalue weighted by atomic mass is 16.5. The molecule has 174 valence electrons. The zero-order valence-corrected chi connectivity index (χ0v) is 19.9. The summed E-state index contributed by atoms with van der Waals surface area (Å²) >= 11 is 0. The Bertz CT molecular complexity index is 1410. The molecule has 3 aromatic carbocycles. The van der Waals surface area contributed by atoms with Crippen LogP contribution in [0.2, 0.25) is 0 Å². The van der Waals surface area contributed by atoms with E-state index in [2.05, 4.69) is 0 Å². The van der Waals surface area contributed by atoms with Crippen LogP contribution >= 0.6 is 0 Å². The maximum absolute atomic E-state index is 13.7. The van der Waals surface area contributed by atoms with Gasteiger partial charge >= 0.3 is 0 Å². The molecule has 4 rings (SSSR count). The monoisotopic (exact) mass is 457 g/mol. The number of ether oxygens (including phenoxy) is 2. The van der Waals surface area contributed by atoms with Gasteiger partial charge in [-0.15, -0.1) is 0 Å². The van der Waals surface area contributed by atoms with Crippen molar-refractivity contribution in [3.63, 3.8) is 0 Å². The fraction of sp³-hybridized carbons (Fsp3) is 0.222. The predicted molar refractivity (Wildman–Crippen MR) is 132 cm³/mol. The number of carbonyl (C=O) groups is 1. The van der Waals surface area contributed by atoms with Gasteiger partial charge in [0.1, 0.15) is 17.3 Å². The first kappa shape index (κ1) is 23.0. The number of nitrogens with zero attached hydrogens (tertiary/aromatic N) is 3. The van der Waals surface area contributed by atoms with Crippen LogP contribution in [0.15, 0.2) is 71.5 Å². The lowest BCUT2D eigenvalue weighted by Gasteiger charge is -2.27. The molecule has 0 radical (unpaired) electrons. The van der Waals surface area contributed by atoms with E-state index in [4.69, 9.17) is 14.5 Å². The molecule has 0 spiro atoms. The summed E-state index contributed by atoms with van der Waals surface area (Å²) in [6.07, 6.45) is 0. The lowest BCUT2D eigenvalue weighted by molar-refractivity contribution is 0.0735. The highest BCUT2D eigenvalue weighted by Crippen LogP contribution is 2.28. The number of rotatable bonds is 6. The Morgan fingerprint density at radius 2 is 1.71 bits per heavy atom. The van der Waals surface area contributed by atoms with Crippen molar-refractivity contribution in [3.05, 3.63) is 94.0 Å². The fourth-order valence-electron chi connectivity index (χ4n) is 3.92. The van der Waals surface area contributed by atoms with E-state index in [0.717, 1.165) is 5.56 Å². The molecule has 1 aromatic heterocycles. The minimum atomic E-state index is -0.517.